The van der Waals surface area contributed by atoms with E-state index in [0.29, 0.717) is 19.6 Å². The lowest BCUT2D eigenvalue weighted by Crippen LogP contribution is -2.23. The highest BCUT2D eigenvalue weighted by molar-refractivity contribution is 8.00. The van der Waals surface area contributed by atoms with Crippen LogP contribution in [-0.4, -0.2) is 52.0 Å². The van der Waals surface area contributed by atoms with E-state index in [-0.39, 0.29) is 19.1 Å². The molecule has 0 spiro atoms. The summed E-state index contributed by atoms with van der Waals surface area (Å²) in [7, 11) is 0. The van der Waals surface area contributed by atoms with Crippen molar-refractivity contribution < 1.29 is 9.90 Å². The van der Waals surface area contributed by atoms with Gasteiger partial charge in [-0.3, -0.25) is 14.5 Å². The van der Waals surface area contributed by atoms with Crippen LogP contribution < -0.4 is 16.4 Å². The third kappa shape index (κ3) is 3.30. The Morgan fingerprint density at radius 2 is 2.15 bits per heavy atom. The fourth-order valence-corrected chi connectivity index (χ4v) is 4.28. The SMILES string of the molecule is NCC(=O)Nc1ccc2c3c(nn2CCNCCO)-c2ncccc2Sc13. The number of pyridine rings is 1. The Labute approximate surface area is 160 Å². The van der Waals surface area contributed by atoms with Crippen LogP contribution in [0.15, 0.2) is 40.3 Å². The molecular formula is C18H20N6O2S. The maximum Gasteiger partial charge on any atom is 0.238 e. The first kappa shape index (κ1) is 17.9. The topological polar surface area (TPSA) is 118 Å². The molecule has 3 heterocycles. The Morgan fingerprint density at radius 1 is 1.26 bits per heavy atom. The highest BCUT2D eigenvalue weighted by atomic mass is 32.2. The number of aliphatic hydroxyl groups excluding tert-OH is 1. The first-order valence-corrected chi connectivity index (χ1v) is 9.53. The van der Waals surface area contributed by atoms with E-state index in [1.165, 1.54) is 0 Å². The fraction of sp³-hybridized carbons (Fsp3) is 0.278. The van der Waals surface area contributed by atoms with E-state index in [0.717, 1.165) is 37.8 Å². The molecule has 1 aliphatic heterocycles. The van der Waals surface area contributed by atoms with E-state index in [1.807, 2.05) is 28.9 Å². The van der Waals surface area contributed by atoms with Gasteiger partial charge >= 0.3 is 0 Å². The van der Waals surface area contributed by atoms with E-state index in [9.17, 15) is 4.79 Å². The second-order valence-electron chi connectivity index (χ2n) is 6.09. The van der Waals surface area contributed by atoms with Crippen molar-refractivity contribution in [2.24, 2.45) is 5.73 Å². The number of hydrogen-bond acceptors (Lipinski definition) is 7. The number of aliphatic hydroxyl groups is 1. The van der Waals surface area contributed by atoms with Gasteiger partial charge < -0.3 is 21.5 Å². The summed E-state index contributed by atoms with van der Waals surface area (Å²) in [6.45, 7) is 1.94. The van der Waals surface area contributed by atoms with Gasteiger partial charge in [0, 0.05) is 34.5 Å². The molecule has 1 amide bonds. The van der Waals surface area contributed by atoms with Gasteiger partial charge in [-0.25, -0.2) is 0 Å². The summed E-state index contributed by atoms with van der Waals surface area (Å²) < 4.78 is 1.94. The number of carbonyl (C=O) groups is 1. The van der Waals surface area contributed by atoms with E-state index >= 15 is 0 Å². The van der Waals surface area contributed by atoms with Crippen LogP contribution in [0.25, 0.3) is 22.3 Å². The zero-order valence-electron chi connectivity index (χ0n) is 14.6. The highest BCUT2D eigenvalue weighted by Gasteiger charge is 2.27. The molecule has 4 rings (SSSR count). The van der Waals surface area contributed by atoms with E-state index in [2.05, 4.69) is 15.6 Å². The molecule has 140 valence electrons. The van der Waals surface area contributed by atoms with Crippen molar-refractivity contribution in [2.75, 3.05) is 31.6 Å². The van der Waals surface area contributed by atoms with Gasteiger partial charge in [-0.1, -0.05) is 11.8 Å². The molecule has 9 heteroatoms. The van der Waals surface area contributed by atoms with Gasteiger partial charge in [-0.2, -0.15) is 5.10 Å². The van der Waals surface area contributed by atoms with Crippen molar-refractivity contribution >= 4 is 34.3 Å². The average Bonchev–Trinajstić information content (AvgIpc) is 3.07. The number of hydrogen-bond donors (Lipinski definition) is 4. The number of amides is 1. The maximum absolute atomic E-state index is 11.8. The van der Waals surface area contributed by atoms with Crippen LogP contribution >= 0.6 is 11.8 Å². The van der Waals surface area contributed by atoms with Gasteiger partial charge in [0.2, 0.25) is 5.91 Å². The Morgan fingerprint density at radius 3 is 2.96 bits per heavy atom. The van der Waals surface area contributed by atoms with Crippen LogP contribution in [0.2, 0.25) is 0 Å². The monoisotopic (exact) mass is 384 g/mol. The molecule has 1 aromatic carbocycles. The van der Waals surface area contributed by atoms with E-state index in [1.54, 1.807) is 18.0 Å². The highest BCUT2D eigenvalue weighted by Crippen LogP contribution is 2.49. The zero-order valence-corrected chi connectivity index (χ0v) is 15.4. The van der Waals surface area contributed by atoms with Crippen LogP contribution in [0.5, 0.6) is 0 Å². The summed E-state index contributed by atoms with van der Waals surface area (Å²) in [5.41, 5.74) is 8.85. The number of rotatable bonds is 7. The minimum Gasteiger partial charge on any atom is -0.395 e. The molecule has 2 aromatic heterocycles. The summed E-state index contributed by atoms with van der Waals surface area (Å²) in [5.74, 6) is -0.231. The lowest BCUT2D eigenvalue weighted by molar-refractivity contribution is -0.114. The molecule has 0 aliphatic carbocycles. The number of carbonyl (C=O) groups excluding carboxylic acids is 1. The van der Waals surface area contributed by atoms with E-state index in [4.69, 9.17) is 15.9 Å². The molecule has 0 bridgehead atoms. The summed E-state index contributed by atoms with van der Waals surface area (Å²) in [6, 6.07) is 7.75. The van der Waals surface area contributed by atoms with Gasteiger partial charge in [0.05, 0.1) is 30.9 Å². The standard InChI is InChI=1S/C18H20N6O2S/c19-10-14(26)22-11-3-4-12-15-17(23-24(12)8-6-20-7-9-25)16-13(27-18(11)15)2-1-5-21-16/h1-5,20,25H,6-10,19H2,(H,22,26). The maximum atomic E-state index is 11.8. The number of nitrogens with one attached hydrogen (secondary N) is 2. The number of aromatic nitrogens is 3. The first-order valence-electron chi connectivity index (χ1n) is 8.71. The smallest absolute Gasteiger partial charge is 0.238 e. The summed E-state index contributed by atoms with van der Waals surface area (Å²) in [6.07, 6.45) is 1.76. The normalized spacial score (nSPS) is 12.2. The van der Waals surface area contributed by atoms with Crippen LogP contribution in [0.3, 0.4) is 0 Å². The van der Waals surface area contributed by atoms with Crippen molar-refractivity contribution in [3.63, 3.8) is 0 Å². The molecule has 0 fully saturated rings. The average molecular weight is 384 g/mol. The molecule has 3 aromatic rings. The third-order valence-corrected chi connectivity index (χ3v) is 5.50. The molecule has 5 N–H and O–H groups in total. The van der Waals surface area contributed by atoms with Gasteiger partial charge in [-0.15, -0.1) is 0 Å². The Kier molecular flexibility index (Phi) is 5.08. The lowest BCUT2D eigenvalue weighted by Gasteiger charge is -2.17. The van der Waals surface area contributed by atoms with Crippen molar-refractivity contribution in [3.8, 4) is 11.4 Å². The summed E-state index contributed by atoms with van der Waals surface area (Å²) in [5, 5.41) is 20.8. The van der Waals surface area contributed by atoms with Gasteiger partial charge in [-0.05, 0) is 24.3 Å². The van der Waals surface area contributed by atoms with Crippen molar-refractivity contribution in [1.29, 1.82) is 0 Å². The third-order valence-electron chi connectivity index (χ3n) is 4.33. The first-order chi connectivity index (χ1) is 13.2. The van der Waals surface area contributed by atoms with E-state index < -0.39 is 0 Å². The van der Waals surface area contributed by atoms with Crippen LogP contribution in [-0.2, 0) is 11.3 Å². The second-order valence-corrected chi connectivity index (χ2v) is 7.14. The molecular weight excluding hydrogens is 364 g/mol. The van der Waals surface area contributed by atoms with Gasteiger partial charge in [0.1, 0.15) is 11.4 Å². The van der Waals surface area contributed by atoms with Crippen LogP contribution in [0, 0.1) is 0 Å². The van der Waals surface area contributed by atoms with Gasteiger partial charge in [0.25, 0.3) is 0 Å². The molecule has 1 aliphatic rings. The molecule has 0 atom stereocenters. The molecule has 0 saturated carbocycles. The number of benzene rings is 1. The fourth-order valence-electron chi connectivity index (χ4n) is 3.13. The summed E-state index contributed by atoms with van der Waals surface area (Å²) >= 11 is 1.58. The number of nitrogens with two attached hydrogens (primary N) is 1. The Hall–Kier alpha value is -2.46. The predicted octanol–water partition coefficient (Wildman–Crippen LogP) is 1.04. The summed E-state index contributed by atoms with van der Waals surface area (Å²) in [4.78, 5) is 18.3. The van der Waals surface area contributed by atoms with Crippen LogP contribution in [0.1, 0.15) is 0 Å². The molecule has 0 unspecified atom stereocenters. The Bertz CT molecular complexity index is 1000. The number of fused-ring (bicyclic) bond motifs is 2. The lowest BCUT2D eigenvalue weighted by atomic mass is 10.1. The van der Waals surface area contributed by atoms with Crippen molar-refractivity contribution in [1.82, 2.24) is 20.1 Å². The zero-order chi connectivity index (χ0) is 18.8. The molecule has 0 radical (unpaired) electrons. The second kappa shape index (κ2) is 7.65. The number of nitrogens with zero attached hydrogens (tertiary/aromatic N) is 3. The van der Waals surface area contributed by atoms with Crippen molar-refractivity contribution in [2.45, 2.75) is 16.3 Å². The minimum absolute atomic E-state index is 0.0665. The van der Waals surface area contributed by atoms with Gasteiger partial charge in [0.15, 0.2) is 0 Å². The Balaban J connectivity index is 1.82. The minimum atomic E-state index is -0.231. The van der Waals surface area contributed by atoms with Crippen molar-refractivity contribution in [3.05, 3.63) is 30.5 Å². The largest absolute Gasteiger partial charge is 0.395 e. The molecule has 27 heavy (non-hydrogen) atoms. The molecule has 8 nitrogen and oxygen atoms in total. The predicted molar refractivity (Wildman–Crippen MR) is 105 cm³/mol. The van der Waals surface area contributed by atoms with Crippen LogP contribution in [0.4, 0.5) is 5.69 Å². The quantitative estimate of drug-likeness (QED) is 0.352. The molecule has 0 saturated heterocycles. The number of anilines is 1.